The maximum atomic E-state index is 14.1. The molecule has 3 aromatic rings. The highest BCUT2D eigenvalue weighted by Crippen LogP contribution is 2.16. The summed E-state index contributed by atoms with van der Waals surface area (Å²) in [5.74, 6) is -4.21. The molecule has 0 radical (unpaired) electrons. The van der Waals surface area contributed by atoms with E-state index in [0.29, 0.717) is 28.1 Å². The number of guanidine groups is 2. The molecule has 2 aromatic carbocycles. The van der Waals surface area contributed by atoms with Crippen molar-refractivity contribution in [3.63, 3.8) is 0 Å². The number of carbonyl (C=O) groups excluding carboxylic acids is 5. The number of benzene rings is 2. The minimum absolute atomic E-state index is 0.0269. The van der Waals surface area contributed by atoms with Gasteiger partial charge in [0.2, 0.25) is 23.6 Å². The van der Waals surface area contributed by atoms with Crippen LogP contribution >= 0.6 is 11.3 Å². The van der Waals surface area contributed by atoms with Crippen LogP contribution in [-0.2, 0) is 32.0 Å². The fraction of sp³-hybridized carbons (Fsp3) is 0.361. The van der Waals surface area contributed by atoms with Crippen LogP contribution in [0, 0.1) is 11.7 Å². The van der Waals surface area contributed by atoms with Crippen LogP contribution in [0.25, 0.3) is 0 Å². The van der Waals surface area contributed by atoms with Crippen molar-refractivity contribution in [1.82, 2.24) is 21.3 Å². The Labute approximate surface area is 316 Å². The third-order valence-corrected chi connectivity index (χ3v) is 8.80. The van der Waals surface area contributed by atoms with Crippen molar-refractivity contribution in [3.8, 4) is 0 Å². The molecule has 0 bridgehead atoms. The summed E-state index contributed by atoms with van der Waals surface area (Å²) in [6.07, 6.45) is 0.578. The summed E-state index contributed by atoms with van der Waals surface area (Å²) in [6.45, 7) is 3.90. The van der Waals surface area contributed by atoms with Crippen LogP contribution in [0.1, 0.15) is 53.9 Å². The van der Waals surface area contributed by atoms with E-state index < -0.39 is 59.5 Å². The number of hydrogen-bond donors (Lipinski definition) is 9. The molecule has 14 N–H and O–H groups in total. The highest BCUT2D eigenvalue weighted by atomic mass is 32.1. The first kappa shape index (κ1) is 42.4. The molecule has 18 heteroatoms. The van der Waals surface area contributed by atoms with Gasteiger partial charge in [0, 0.05) is 19.4 Å². The molecule has 1 aromatic heterocycles. The Hall–Kier alpha value is -6.04. The van der Waals surface area contributed by atoms with E-state index in [1.54, 1.807) is 41.8 Å². The summed E-state index contributed by atoms with van der Waals surface area (Å²) >= 11 is 1.18. The zero-order chi connectivity index (χ0) is 39.8. The van der Waals surface area contributed by atoms with Crippen molar-refractivity contribution in [3.05, 3.63) is 87.9 Å². The molecule has 0 aliphatic rings. The Morgan fingerprint density at radius 1 is 0.704 bits per heavy atom. The molecule has 3 rings (SSSR count). The van der Waals surface area contributed by atoms with E-state index in [-0.39, 0.29) is 50.1 Å². The number of halogens is 1. The Morgan fingerprint density at radius 3 is 1.76 bits per heavy atom. The second kappa shape index (κ2) is 20.9. The average molecular weight is 766 g/mol. The van der Waals surface area contributed by atoms with Crippen molar-refractivity contribution >= 4 is 58.5 Å². The summed E-state index contributed by atoms with van der Waals surface area (Å²) in [4.78, 5) is 75.2. The predicted octanol–water partition coefficient (Wildman–Crippen LogP) is 0.415. The molecule has 290 valence electrons. The van der Waals surface area contributed by atoms with E-state index in [1.165, 1.54) is 35.6 Å². The van der Waals surface area contributed by atoms with Gasteiger partial charge < -0.3 is 49.9 Å². The molecule has 4 atom stereocenters. The van der Waals surface area contributed by atoms with Crippen LogP contribution in [0.3, 0.4) is 0 Å². The van der Waals surface area contributed by atoms with E-state index in [4.69, 9.17) is 28.7 Å². The molecule has 0 spiro atoms. The molecule has 0 saturated carbocycles. The van der Waals surface area contributed by atoms with Crippen molar-refractivity contribution in [2.75, 3.05) is 6.54 Å². The molecule has 16 nitrogen and oxygen atoms in total. The van der Waals surface area contributed by atoms with Gasteiger partial charge in [-0.05, 0) is 72.0 Å². The quantitative estimate of drug-likeness (QED) is 0.0437. The predicted molar refractivity (Wildman–Crippen MR) is 206 cm³/mol. The van der Waals surface area contributed by atoms with Crippen LogP contribution < -0.4 is 49.9 Å². The van der Waals surface area contributed by atoms with Crippen LogP contribution in [0.15, 0.2) is 76.0 Å². The van der Waals surface area contributed by atoms with E-state index in [9.17, 15) is 28.4 Å². The first-order valence-corrected chi connectivity index (χ1v) is 18.0. The van der Waals surface area contributed by atoms with Gasteiger partial charge in [-0.3, -0.25) is 29.0 Å². The number of amides is 5. The fourth-order valence-electron chi connectivity index (χ4n) is 5.31. The maximum Gasteiger partial charge on any atom is 0.262 e. The zero-order valence-corrected chi connectivity index (χ0v) is 30.9. The smallest absolute Gasteiger partial charge is 0.262 e. The minimum atomic E-state index is -1.27. The standard InChI is InChI=1S/C36H48FN11O5S/c1-20(2)17-26(31(50)45-25(30(38)49)5-3-15-43-35(39)40)46-32(51)27(19-22-9-13-24(14-10-22)44-36(41)42)47-33(52)28(18-21-7-11-23(37)12-8-21)48-34(53)29-6-4-16-54-29/h4,6-14,16,20,25-28H,3,5,15,17-19H2,1-2H3,(H2,38,49)(H,45,50)(H,46,51)(H,47,52)(H,48,53)(H4,39,40,43)(H4,41,42,44)/t25-,26-,27-,28-/m0/s1. The van der Waals surface area contributed by atoms with Crippen LogP contribution in [0.2, 0.25) is 0 Å². The lowest BCUT2D eigenvalue weighted by Crippen LogP contribution is -2.59. The average Bonchev–Trinajstić information content (AvgIpc) is 3.65. The van der Waals surface area contributed by atoms with Gasteiger partial charge in [0.05, 0.1) is 10.6 Å². The lowest BCUT2D eigenvalue weighted by molar-refractivity contribution is -0.134. The van der Waals surface area contributed by atoms with Gasteiger partial charge in [0.25, 0.3) is 5.91 Å². The second-order valence-corrected chi connectivity index (χ2v) is 13.9. The third-order valence-electron chi connectivity index (χ3n) is 7.93. The van der Waals surface area contributed by atoms with Crippen LogP contribution in [0.5, 0.6) is 0 Å². The number of primary amides is 1. The second-order valence-electron chi connectivity index (χ2n) is 12.9. The number of nitrogens with one attached hydrogen (secondary N) is 4. The first-order chi connectivity index (χ1) is 25.6. The Bertz CT molecular complexity index is 1780. The monoisotopic (exact) mass is 765 g/mol. The molecular formula is C36H48FN11O5S. The Balaban J connectivity index is 1.91. The van der Waals surface area contributed by atoms with E-state index in [1.807, 2.05) is 13.8 Å². The van der Waals surface area contributed by atoms with Crippen molar-refractivity contribution < 1.29 is 28.4 Å². The minimum Gasteiger partial charge on any atom is -0.370 e. The van der Waals surface area contributed by atoms with Gasteiger partial charge in [0.15, 0.2) is 11.9 Å². The normalized spacial score (nSPS) is 13.0. The Morgan fingerprint density at radius 2 is 1.24 bits per heavy atom. The molecule has 0 fully saturated rings. The molecule has 0 saturated heterocycles. The summed E-state index contributed by atoms with van der Waals surface area (Å²) < 4.78 is 13.7. The number of hydrogen-bond acceptors (Lipinski definition) is 8. The first-order valence-electron chi connectivity index (χ1n) is 17.1. The molecule has 54 heavy (non-hydrogen) atoms. The topological polar surface area (TPSA) is 288 Å². The van der Waals surface area contributed by atoms with E-state index >= 15 is 0 Å². The summed E-state index contributed by atoms with van der Waals surface area (Å²) in [7, 11) is 0. The van der Waals surface area contributed by atoms with Crippen molar-refractivity contribution in [2.24, 2.45) is 44.6 Å². The number of aliphatic imine (C=N–C) groups is 2. The Kier molecular flexibility index (Phi) is 16.4. The number of nitrogens with zero attached hydrogens (tertiary/aromatic N) is 2. The van der Waals surface area contributed by atoms with Gasteiger partial charge in [-0.2, -0.15) is 0 Å². The molecule has 0 aliphatic carbocycles. The zero-order valence-electron chi connectivity index (χ0n) is 30.1. The summed E-state index contributed by atoms with van der Waals surface area (Å²) in [5, 5.41) is 12.6. The highest BCUT2D eigenvalue weighted by molar-refractivity contribution is 7.12. The SMILES string of the molecule is CC(C)C[C@H](NC(=O)[C@H](Cc1ccc(N=C(N)N)cc1)NC(=O)[C@H](Cc1ccc(F)cc1)NC(=O)c1cccs1)C(=O)N[C@@H](CCCN=C(N)N)C(N)=O. The van der Waals surface area contributed by atoms with Gasteiger partial charge in [0.1, 0.15) is 30.0 Å². The number of carbonyl (C=O) groups is 5. The number of nitrogens with two attached hydrogens (primary N) is 5. The molecule has 1 heterocycles. The van der Waals surface area contributed by atoms with Gasteiger partial charge >= 0.3 is 0 Å². The van der Waals surface area contributed by atoms with Crippen LogP contribution in [-0.4, -0.2) is 72.2 Å². The molecule has 0 aliphatic heterocycles. The van der Waals surface area contributed by atoms with E-state index in [2.05, 4.69) is 31.3 Å². The van der Waals surface area contributed by atoms with Gasteiger partial charge in [-0.1, -0.05) is 44.2 Å². The largest absolute Gasteiger partial charge is 0.370 e. The third kappa shape index (κ3) is 14.5. The number of thiophene rings is 1. The van der Waals surface area contributed by atoms with Gasteiger partial charge in [-0.25, -0.2) is 9.38 Å². The van der Waals surface area contributed by atoms with Crippen LogP contribution in [0.4, 0.5) is 10.1 Å². The summed E-state index contributed by atoms with van der Waals surface area (Å²) in [6, 6.07) is 10.7. The lowest BCUT2D eigenvalue weighted by Gasteiger charge is -2.27. The maximum absolute atomic E-state index is 14.1. The summed E-state index contributed by atoms with van der Waals surface area (Å²) in [5.41, 5.74) is 28.9. The van der Waals surface area contributed by atoms with Gasteiger partial charge in [-0.15, -0.1) is 11.3 Å². The fourth-order valence-corrected chi connectivity index (χ4v) is 5.94. The van der Waals surface area contributed by atoms with Crippen molar-refractivity contribution in [2.45, 2.75) is 70.1 Å². The van der Waals surface area contributed by atoms with Crippen molar-refractivity contribution in [1.29, 1.82) is 0 Å². The van der Waals surface area contributed by atoms with E-state index in [0.717, 1.165) is 0 Å². The molecule has 0 unspecified atom stereocenters. The molecule has 5 amide bonds. The lowest BCUT2D eigenvalue weighted by atomic mass is 9.99. The highest BCUT2D eigenvalue weighted by Gasteiger charge is 2.32. The molecular weight excluding hydrogens is 718 g/mol. The number of rotatable bonds is 20.